The van der Waals surface area contributed by atoms with E-state index in [9.17, 15) is 0 Å². The zero-order valence-electron chi connectivity index (χ0n) is 12.8. The highest BCUT2D eigenvalue weighted by Gasteiger charge is 2.13. The van der Waals surface area contributed by atoms with Crippen LogP contribution >= 0.6 is 7.92 Å². The normalized spacial score (nSPS) is 11.2. The fourth-order valence-electron chi connectivity index (χ4n) is 2.74. The van der Waals surface area contributed by atoms with E-state index >= 15 is 0 Å². The number of rotatable bonds is 7. The molecule has 1 heteroatoms. The maximum absolute atomic E-state index is 2.42. The van der Waals surface area contributed by atoms with E-state index in [1.54, 1.807) is 22.0 Å². The van der Waals surface area contributed by atoms with Crippen LogP contribution in [0.3, 0.4) is 0 Å². The maximum atomic E-state index is 2.42. The van der Waals surface area contributed by atoms with Gasteiger partial charge in [-0.1, -0.05) is 60.1 Å². The molecular weight excluding hydrogens is 235 g/mol. The second-order valence-corrected chi connectivity index (χ2v) is 7.62. The summed E-state index contributed by atoms with van der Waals surface area (Å²) in [7, 11) is 0.0235. The summed E-state index contributed by atoms with van der Waals surface area (Å²) in [4.78, 5) is 0. The zero-order valence-corrected chi connectivity index (χ0v) is 13.7. The van der Waals surface area contributed by atoms with Crippen LogP contribution in [0.2, 0.25) is 0 Å². The summed E-state index contributed by atoms with van der Waals surface area (Å²) < 4.78 is 0. The molecule has 0 N–H and O–H groups in total. The molecule has 0 fully saturated rings. The van der Waals surface area contributed by atoms with Crippen molar-refractivity contribution in [2.75, 3.05) is 13.3 Å². The fourth-order valence-corrected chi connectivity index (χ4v) is 3.90. The number of hydrogen-bond acceptors (Lipinski definition) is 0. The van der Waals surface area contributed by atoms with Crippen molar-refractivity contribution in [1.82, 2.24) is 0 Å². The Morgan fingerprint density at radius 1 is 0.778 bits per heavy atom. The Hall–Kier alpha value is -0.350. The molecule has 0 aliphatic rings. The van der Waals surface area contributed by atoms with Gasteiger partial charge in [-0.2, -0.15) is 0 Å². The highest BCUT2D eigenvalue weighted by Crippen LogP contribution is 2.30. The zero-order chi connectivity index (χ0) is 13.5. The summed E-state index contributed by atoms with van der Waals surface area (Å²) in [6.07, 6.45) is 7.57. The smallest absolute Gasteiger partial charge is 0.0211 e. The summed E-state index contributed by atoms with van der Waals surface area (Å²) in [6, 6.07) is 4.83. The van der Waals surface area contributed by atoms with Gasteiger partial charge in [0.25, 0.3) is 0 Å². The Labute approximate surface area is 115 Å². The van der Waals surface area contributed by atoms with Crippen LogP contribution in [-0.2, 0) is 19.3 Å². The lowest BCUT2D eigenvalue weighted by Gasteiger charge is -2.20. The molecule has 0 aliphatic carbocycles. The molecule has 0 amide bonds. The van der Waals surface area contributed by atoms with E-state index in [0.717, 1.165) is 0 Å². The molecule has 18 heavy (non-hydrogen) atoms. The van der Waals surface area contributed by atoms with E-state index in [4.69, 9.17) is 0 Å². The van der Waals surface area contributed by atoms with Crippen molar-refractivity contribution in [2.45, 2.75) is 59.3 Å². The van der Waals surface area contributed by atoms with Gasteiger partial charge in [0.2, 0.25) is 0 Å². The maximum Gasteiger partial charge on any atom is -0.0211 e. The van der Waals surface area contributed by atoms with Crippen LogP contribution in [-0.4, -0.2) is 13.3 Å². The molecule has 0 aromatic heterocycles. The largest absolute Gasteiger partial charge is 0.0814 e. The Morgan fingerprint density at radius 2 is 1.33 bits per heavy atom. The molecule has 0 saturated carbocycles. The number of benzene rings is 1. The van der Waals surface area contributed by atoms with Gasteiger partial charge in [-0.25, -0.2) is 0 Å². The van der Waals surface area contributed by atoms with Crippen molar-refractivity contribution in [3.05, 3.63) is 28.8 Å². The molecule has 0 spiro atoms. The predicted molar refractivity (Wildman–Crippen MR) is 86.8 cm³/mol. The minimum Gasteiger partial charge on any atom is -0.0814 e. The fraction of sp³-hybridized carbons (Fsp3) is 0.647. The Balaban J connectivity index is 3.28. The first kappa shape index (κ1) is 15.7. The summed E-state index contributed by atoms with van der Waals surface area (Å²) in [6.45, 7) is 11.7. The van der Waals surface area contributed by atoms with Crippen molar-refractivity contribution < 1.29 is 0 Å². The van der Waals surface area contributed by atoms with E-state index in [-0.39, 0.29) is 7.92 Å². The molecule has 0 aliphatic heterocycles. The average Bonchev–Trinajstić information content (AvgIpc) is 2.33. The Bertz CT molecular complexity index is 366. The summed E-state index contributed by atoms with van der Waals surface area (Å²) in [5.41, 5.74) is 5.00. The van der Waals surface area contributed by atoms with Crippen LogP contribution in [0.25, 0.3) is 0 Å². The van der Waals surface area contributed by atoms with Gasteiger partial charge < -0.3 is 0 Å². The molecule has 0 bridgehead atoms. The van der Waals surface area contributed by atoms with Crippen LogP contribution in [0.5, 0.6) is 0 Å². The molecule has 102 valence electrons. The third kappa shape index (κ3) is 3.82. The molecule has 1 aromatic carbocycles. The lowest BCUT2D eigenvalue weighted by molar-refractivity contribution is 0.829. The van der Waals surface area contributed by atoms with Crippen LogP contribution in [0.4, 0.5) is 0 Å². The molecular formula is C17H29P. The van der Waals surface area contributed by atoms with Gasteiger partial charge in [0.15, 0.2) is 0 Å². The summed E-state index contributed by atoms with van der Waals surface area (Å²) in [5.74, 6) is 0. The first-order valence-electron chi connectivity index (χ1n) is 7.46. The van der Waals surface area contributed by atoms with E-state index < -0.39 is 0 Å². The first-order chi connectivity index (χ1) is 8.65. The molecule has 0 saturated heterocycles. The average molecular weight is 264 g/mol. The SMILES string of the molecule is CCCc1ccc(P(C)C)c(CCC)c1CCC. The molecule has 0 atom stereocenters. The van der Waals surface area contributed by atoms with Crippen molar-refractivity contribution in [1.29, 1.82) is 0 Å². The van der Waals surface area contributed by atoms with Gasteiger partial charge in [0.05, 0.1) is 0 Å². The molecule has 0 nitrogen and oxygen atoms in total. The minimum absolute atomic E-state index is 0.0235. The third-order valence-electron chi connectivity index (χ3n) is 3.50. The number of aryl methyl sites for hydroxylation is 1. The Morgan fingerprint density at radius 3 is 1.83 bits per heavy atom. The topological polar surface area (TPSA) is 0 Å². The second-order valence-electron chi connectivity index (χ2n) is 5.35. The minimum atomic E-state index is 0.0235. The highest BCUT2D eigenvalue weighted by atomic mass is 31.1. The van der Waals surface area contributed by atoms with Crippen molar-refractivity contribution in [3.8, 4) is 0 Å². The van der Waals surface area contributed by atoms with Crippen LogP contribution < -0.4 is 5.30 Å². The predicted octanol–water partition coefficient (Wildman–Crippen LogP) is 4.91. The van der Waals surface area contributed by atoms with Gasteiger partial charge >= 0.3 is 0 Å². The van der Waals surface area contributed by atoms with Gasteiger partial charge in [0.1, 0.15) is 0 Å². The molecule has 0 radical (unpaired) electrons. The molecule has 1 rings (SSSR count). The third-order valence-corrected chi connectivity index (χ3v) is 4.89. The molecule has 1 aromatic rings. The standard InChI is InChI=1S/C17H29P/c1-6-9-14-12-13-17(18(4)5)16(11-8-3)15(14)10-7-2/h12-13H,6-11H2,1-5H3. The van der Waals surface area contributed by atoms with Crippen LogP contribution in [0, 0.1) is 0 Å². The molecule has 0 unspecified atom stereocenters. The Kier molecular flexibility index (Phi) is 6.94. The number of hydrogen-bond donors (Lipinski definition) is 0. The summed E-state index contributed by atoms with van der Waals surface area (Å²) in [5, 5.41) is 1.65. The van der Waals surface area contributed by atoms with E-state index in [1.807, 2.05) is 0 Å². The van der Waals surface area contributed by atoms with Gasteiger partial charge in [-0.3, -0.25) is 0 Å². The lowest BCUT2D eigenvalue weighted by atomic mass is 9.92. The van der Waals surface area contributed by atoms with Gasteiger partial charge in [-0.15, -0.1) is 0 Å². The van der Waals surface area contributed by atoms with E-state index in [0.29, 0.717) is 0 Å². The van der Waals surface area contributed by atoms with Gasteiger partial charge in [0, 0.05) is 0 Å². The van der Waals surface area contributed by atoms with E-state index in [1.165, 1.54) is 38.5 Å². The quantitative estimate of drug-likeness (QED) is 0.614. The van der Waals surface area contributed by atoms with Gasteiger partial charge in [-0.05, 0) is 54.6 Å². The monoisotopic (exact) mass is 264 g/mol. The van der Waals surface area contributed by atoms with Crippen molar-refractivity contribution in [2.24, 2.45) is 0 Å². The second kappa shape index (κ2) is 7.95. The van der Waals surface area contributed by atoms with Crippen molar-refractivity contribution >= 4 is 13.2 Å². The van der Waals surface area contributed by atoms with Crippen LogP contribution in [0.15, 0.2) is 12.1 Å². The van der Waals surface area contributed by atoms with E-state index in [2.05, 4.69) is 46.2 Å². The van der Waals surface area contributed by atoms with Crippen molar-refractivity contribution in [3.63, 3.8) is 0 Å². The lowest BCUT2D eigenvalue weighted by Crippen LogP contribution is -2.14. The summed E-state index contributed by atoms with van der Waals surface area (Å²) >= 11 is 0. The highest BCUT2D eigenvalue weighted by molar-refractivity contribution is 7.64. The van der Waals surface area contributed by atoms with Crippen LogP contribution in [0.1, 0.15) is 56.7 Å². The first-order valence-corrected chi connectivity index (χ1v) is 9.70. The molecule has 0 heterocycles.